The summed E-state index contributed by atoms with van der Waals surface area (Å²) in [7, 11) is 1.88. The SMILES string of the molecule is CSc1nc(-c2cc(F)cc3[nH]ccc23)cc(-c2c(C)cnn2C)n1. The van der Waals surface area contributed by atoms with E-state index in [1.807, 2.05) is 38.6 Å². The zero-order valence-electron chi connectivity index (χ0n) is 14.0. The monoisotopic (exact) mass is 353 g/mol. The van der Waals surface area contributed by atoms with Gasteiger partial charge in [0.2, 0.25) is 0 Å². The normalized spacial score (nSPS) is 11.4. The molecule has 126 valence electrons. The van der Waals surface area contributed by atoms with Crippen LogP contribution in [0.3, 0.4) is 0 Å². The Bertz CT molecular complexity index is 1060. The summed E-state index contributed by atoms with van der Waals surface area (Å²) in [6, 6.07) is 6.83. The smallest absolute Gasteiger partial charge is 0.188 e. The van der Waals surface area contributed by atoms with Crippen molar-refractivity contribution < 1.29 is 4.39 Å². The van der Waals surface area contributed by atoms with Crippen LogP contribution in [0.1, 0.15) is 5.56 Å². The van der Waals surface area contributed by atoms with Crippen molar-refractivity contribution in [1.29, 1.82) is 0 Å². The van der Waals surface area contributed by atoms with E-state index in [-0.39, 0.29) is 5.82 Å². The summed E-state index contributed by atoms with van der Waals surface area (Å²) in [4.78, 5) is 12.3. The molecule has 4 aromatic rings. The Morgan fingerprint density at radius 3 is 2.68 bits per heavy atom. The molecule has 3 aromatic heterocycles. The van der Waals surface area contributed by atoms with E-state index in [1.54, 1.807) is 10.9 Å². The Labute approximate surface area is 148 Å². The number of aryl methyl sites for hydroxylation is 2. The Balaban J connectivity index is 1.99. The van der Waals surface area contributed by atoms with Crippen molar-refractivity contribution >= 4 is 22.7 Å². The summed E-state index contributed by atoms with van der Waals surface area (Å²) in [6.07, 6.45) is 5.54. The van der Waals surface area contributed by atoms with Gasteiger partial charge < -0.3 is 4.98 Å². The van der Waals surface area contributed by atoms with E-state index in [4.69, 9.17) is 0 Å². The third-order valence-corrected chi connectivity index (χ3v) is 4.71. The predicted molar refractivity (Wildman–Crippen MR) is 98.0 cm³/mol. The standard InChI is InChI=1S/C18H16FN5S/c1-10-9-21-24(2)17(10)16-8-15(22-18(23-16)25-3)13-6-11(19)7-14-12(13)4-5-20-14/h4-9,20H,1-3H3. The number of hydrogen-bond donors (Lipinski definition) is 1. The minimum Gasteiger partial charge on any atom is -0.361 e. The molecule has 3 heterocycles. The fourth-order valence-corrected chi connectivity index (χ4v) is 3.41. The van der Waals surface area contributed by atoms with Gasteiger partial charge >= 0.3 is 0 Å². The van der Waals surface area contributed by atoms with Crippen LogP contribution in [0, 0.1) is 12.7 Å². The number of fused-ring (bicyclic) bond motifs is 1. The Kier molecular flexibility index (Phi) is 3.80. The van der Waals surface area contributed by atoms with Crippen LogP contribution >= 0.6 is 11.8 Å². The number of aromatic amines is 1. The zero-order chi connectivity index (χ0) is 17.6. The van der Waals surface area contributed by atoms with Crippen molar-refractivity contribution in [2.75, 3.05) is 6.26 Å². The highest BCUT2D eigenvalue weighted by Crippen LogP contribution is 2.32. The molecule has 0 unspecified atom stereocenters. The predicted octanol–water partition coefficient (Wildman–Crippen LogP) is 4.19. The number of nitrogens with zero attached hydrogens (tertiary/aromatic N) is 4. The molecule has 0 aliphatic carbocycles. The number of thioether (sulfide) groups is 1. The summed E-state index contributed by atoms with van der Waals surface area (Å²) in [5, 5.41) is 5.86. The Morgan fingerprint density at radius 2 is 1.96 bits per heavy atom. The summed E-state index contributed by atoms with van der Waals surface area (Å²) < 4.78 is 15.9. The third kappa shape index (κ3) is 2.70. The first-order valence-electron chi connectivity index (χ1n) is 7.76. The van der Waals surface area contributed by atoms with Gasteiger partial charge in [-0.1, -0.05) is 11.8 Å². The van der Waals surface area contributed by atoms with Gasteiger partial charge in [0.15, 0.2) is 5.16 Å². The molecule has 25 heavy (non-hydrogen) atoms. The molecule has 4 rings (SSSR count). The maximum Gasteiger partial charge on any atom is 0.188 e. The van der Waals surface area contributed by atoms with Crippen molar-refractivity contribution in [2.24, 2.45) is 7.05 Å². The molecule has 0 aliphatic rings. The largest absolute Gasteiger partial charge is 0.361 e. The first kappa shape index (κ1) is 15.8. The number of benzene rings is 1. The van der Waals surface area contributed by atoms with E-state index in [1.165, 1.54) is 23.9 Å². The number of hydrogen-bond acceptors (Lipinski definition) is 4. The van der Waals surface area contributed by atoms with Gasteiger partial charge in [-0.25, -0.2) is 14.4 Å². The molecule has 5 nitrogen and oxygen atoms in total. The molecular formula is C18H16FN5S. The van der Waals surface area contributed by atoms with Gasteiger partial charge in [-0.15, -0.1) is 0 Å². The molecule has 0 atom stereocenters. The van der Waals surface area contributed by atoms with Crippen LogP contribution in [0.15, 0.2) is 41.8 Å². The molecule has 0 radical (unpaired) electrons. The minimum absolute atomic E-state index is 0.299. The maximum atomic E-state index is 14.1. The summed E-state index contributed by atoms with van der Waals surface area (Å²) in [6.45, 7) is 2.00. The van der Waals surface area contributed by atoms with Crippen molar-refractivity contribution in [1.82, 2.24) is 24.7 Å². The molecule has 0 saturated heterocycles. The van der Waals surface area contributed by atoms with Gasteiger partial charge in [0.05, 0.1) is 23.3 Å². The van der Waals surface area contributed by atoms with Crippen molar-refractivity contribution in [2.45, 2.75) is 12.1 Å². The summed E-state index contributed by atoms with van der Waals surface area (Å²) in [5.41, 5.74) is 4.93. The van der Waals surface area contributed by atoms with Gasteiger partial charge in [0.1, 0.15) is 5.82 Å². The van der Waals surface area contributed by atoms with Gasteiger partial charge in [-0.2, -0.15) is 5.10 Å². The first-order chi connectivity index (χ1) is 12.1. The van der Waals surface area contributed by atoms with Crippen LogP contribution in [0.5, 0.6) is 0 Å². The van der Waals surface area contributed by atoms with Crippen LogP contribution < -0.4 is 0 Å². The second kappa shape index (κ2) is 6.00. The van der Waals surface area contributed by atoms with E-state index in [9.17, 15) is 4.39 Å². The minimum atomic E-state index is -0.299. The highest BCUT2D eigenvalue weighted by atomic mass is 32.2. The highest BCUT2D eigenvalue weighted by molar-refractivity contribution is 7.98. The van der Waals surface area contributed by atoms with E-state index in [2.05, 4.69) is 20.1 Å². The van der Waals surface area contributed by atoms with Crippen LogP contribution in [0.4, 0.5) is 4.39 Å². The lowest BCUT2D eigenvalue weighted by atomic mass is 10.0. The molecule has 1 N–H and O–H groups in total. The highest BCUT2D eigenvalue weighted by Gasteiger charge is 2.15. The molecule has 1 aromatic carbocycles. The van der Waals surface area contributed by atoms with E-state index in [0.29, 0.717) is 10.9 Å². The summed E-state index contributed by atoms with van der Waals surface area (Å²) >= 11 is 1.46. The molecule has 0 bridgehead atoms. The van der Waals surface area contributed by atoms with Crippen molar-refractivity contribution in [3.8, 4) is 22.6 Å². The lowest BCUT2D eigenvalue weighted by Crippen LogP contribution is -2.00. The Morgan fingerprint density at radius 1 is 1.16 bits per heavy atom. The van der Waals surface area contributed by atoms with Gasteiger partial charge in [-0.3, -0.25) is 4.68 Å². The third-order valence-electron chi connectivity index (χ3n) is 4.16. The maximum absolute atomic E-state index is 14.1. The lowest BCUT2D eigenvalue weighted by Gasteiger charge is -2.10. The number of aromatic nitrogens is 5. The van der Waals surface area contributed by atoms with Crippen LogP contribution in [0.25, 0.3) is 33.5 Å². The van der Waals surface area contributed by atoms with E-state index >= 15 is 0 Å². The zero-order valence-corrected chi connectivity index (χ0v) is 14.9. The van der Waals surface area contributed by atoms with Crippen LogP contribution in [-0.4, -0.2) is 31.0 Å². The molecule has 0 saturated carbocycles. The number of H-pyrrole nitrogens is 1. The molecule has 0 amide bonds. The lowest BCUT2D eigenvalue weighted by molar-refractivity contribution is 0.630. The Hall–Kier alpha value is -2.67. The van der Waals surface area contributed by atoms with Crippen LogP contribution in [0.2, 0.25) is 0 Å². The second-order valence-electron chi connectivity index (χ2n) is 5.82. The van der Waals surface area contributed by atoms with Crippen molar-refractivity contribution in [3.63, 3.8) is 0 Å². The molecule has 7 heteroatoms. The average Bonchev–Trinajstić information content (AvgIpc) is 3.19. The van der Waals surface area contributed by atoms with Gasteiger partial charge in [0.25, 0.3) is 0 Å². The number of nitrogens with one attached hydrogen (secondary N) is 1. The number of rotatable bonds is 3. The molecule has 0 aliphatic heterocycles. The number of halogens is 1. The van der Waals surface area contributed by atoms with Gasteiger partial charge in [-0.05, 0) is 43.0 Å². The van der Waals surface area contributed by atoms with Crippen molar-refractivity contribution in [3.05, 3.63) is 48.0 Å². The average molecular weight is 353 g/mol. The molecule has 0 spiro atoms. The fourth-order valence-electron chi connectivity index (χ4n) is 3.03. The molecular weight excluding hydrogens is 337 g/mol. The topological polar surface area (TPSA) is 59.4 Å². The van der Waals surface area contributed by atoms with E-state index < -0.39 is 0 Å². The second-order valence-corrected chi connectivity index (χ2v) is 6.59. The summed E-state index contributed by atoms with van der Waals surface area (Å²) in [5.74, 6) is -0.299. The molecule has 0 fully saturated rings. The first-order valence-corrected chi connectivity index (χ1v) is 8.98. The fraction of sp³-hybridized carbons (Fsp3) is 0.167. The van der Waals surface area contributed by atoms with E-state index in [0.717, 1.165) is 33.4 Å². The van der Waals surface area contributed by atoms with Gasteiger partial charge in [0, 0.05) is 29.7 Å². The quantitative estimate of drug-likeness (QED) is 0.443. The van der Waals surface area contributed by atoms with Crippen LogP contribution in [-0.2, 0) is 7.05 Å².